The molecule has 1 aliphatic heterocycles. The lowest BCUT2D eigenvalue weighted by Crippen LogP contribution is -2.37. The molecule has 2 aliphatic rings. The summed E-state index contributed by atoms with van der Waals surface area (Å²) in [7, 11) is 0. The van der Waals surface area contributed by atoms with E-state index < -0.39 is 5.54 Å². The van der Waals surface area contributed by atoms with Crippen molar-refractivity contribution < 1.29 is 4.74 Å². The first kappa shape index (κ1) is 10.8. The fourth-order valence-electron chi connectivity index (χ4n) is 2.50. The van der Waals surface area contributed by atoms with Gasteiger partial charge in [0, 0.05) is 12.5 Å². The van der Waals surface area contributed by atoms with Gasteiger partial charge in [-0.3, -0.25) is 0 Å². The predicted molar refractivity (Wildman–Crippen MR) is 66.6 cm³/mol. The Morgan fingerprint density at radius 3 is 2.94 bits per heavy atom. The number of ether oxygens (including phenoxy) is 1. The Kier molecular flexibility index (Phi) is 2.24. The van der Waals surface area contributed by atoms with Crippen LogP contribution in [0.1, 0.15) is 42.4 Å². The van der Waals surface area contributed by atoms with Gasteiger partial charge in [-0.25, -0.2) is 0 Å². The van der Waals surface area contributed by atoms with Crippen LogP contribution in [-0.2, 0) is 10.3 Å². The summed E-state index contributed by atoms with van der Waals surface area (Å²) in [6.07, 6.45) is 4.51. The molecule has 1 saturated heterocycles. The van der Waals surface area contributed by atoms with E-state index in [1.165, 1.54) is 30.6 Å². The first-order valence-electron chi connectivity index (χ1n) is 6.35. The molecular weight excluding hydrogens is 250 g/mol. The van der Waals surface area contributed by atoms with Crippen molar-refractivity contribution in [2.75, 3.05) is 13.2 Å². The smallest absolute Gasteiger partial charge is 0.234 e. The molecule has 2 aromatic heterocycles. The lowest BCUT2D eigenvalue weighted by Gasteiger charge is -2.22. The van der Waals surface area contributed by atoms with E-state index in [1.807, 2.05) is 4.52 Å². The lowest BCUT2D eigenvalue weighted by atomic mass is 9.85. The number of hydrogen-bond acceptors (Lipinski definition) is 6. The van der Waals surface area contributed by atoms with Crippen LogP contribution in [0.3, 0.4) is 0 Å². The van der Waals surface area contributed by atoms with Crippen molar-refractivity contribution in [2.24, 2.45) is 5.73 Å². The molecule has 6 nitrogen and oxygen atoms in total. The highest BCUT2D eigenvalue weighted by atomic mass is 32.1. The van der Waals surface area contributed by atoms with Crippen molar-refractivity contribution in [1.29, 1.82) is 0 Å². The van der Waals surface area contributed by atoms with Gasteiger partial charge in [0.2, 0.25) is 4.96 Å². The van der Waals surface area contributed by atoms with E-state index in [4.69, 9.17) is 10.5 Å². The molecular formula is C11H15N5OS. The van der Waals surface area contributed by atoms with Crippen molar-refractivity contribution >= 4 is 16.3 Å². The summed E-state index contributed by atoms with van der Waals surface area (Å²) in [5, 5.41) is 14.0. The minimum absolute atomic E-state index is 0.428. The second-order valence-electron chi connectivity index (χ2n) is 5.25. The number of aromatic nitrogens is 4. The topological polar surface area (TPSA) is 78.3 Å². The second kappa shape index (κ2) is 3.72. The summed E-state index contributed by atoms with van der Waals surface area (Å²) in [6, 6.07) is 0. The minimum Gasteiger partial charge on any atom is -0.379 e. The normalized spacial score (nSPS) is 28.9. The fourth-order valence-corrected chi connectivity index (χ4v) is 3.47. The van der Waals surface area contributed by atoms with Crippen LogP contribution < -0.4 is 5.73 Å². The van der Waals surface area contributed by atoms with Crippen LogP contribution in [0.25, 0.3) is 4.96 Å². The quantitative estimate of drug-likeness (QED) is 0.877. The monoisotopic (exact) mass is 265 g/mol. The van der Waals surface area contributed by atoms with E-state index >= 15 is 0 Å². The summed E-state index contributed by atoms with van der Waals surface area (Å²) in [5.41, 5.74) is 5.91. The third-order valence-electron chi connectivity index (χ3n) is 3.96. The number of hydrogen-bond donors (Lipinski definition) is 1. The van der Waals surface area contributed by atoms with Crippen LogP contribution in [0, 0.1) is 0 Å². The fraction of sp³-hybridized carbons (Fsp3) is 0.727. The second-order valence-corrected chi connectivity index (χ2v) is 6.20. The molecule has 0 aromatic carbocycles. The van der Waals surface area contributed by atoms with E-state index in [2.05, 4.69) is 15.3 Å². The Balaban J connectivity index is 1.77. The van der Waals surface area contributed by atoms with Gasteiger partial charge in [-0.2, -0.15) is 9.61 Å². The molecule has 0 radical (unpaired) electrons. The van der Waals surface area contributed by atoms with Crippen LogP contribution in [0.15, 0.2) is 0 Å². The molecule has 2 N–H and O–H groups in total. The van der Waals surface area contributed by atoms with E-state index in [0.29, 0.717) is 19.1 Å². The Bertz CT molecular complexity index is 581. The highest BCUT2D eigenvalue weighted by molar-refractivity contribution is 7.16. The average molecular weight is 265 g/mol. The van der Waals surface area contributed by atoms with Gasteiger partial charge in [0.05, 0.1) is 12.1 Å². The zero-order chi connectivity index (χ0) is 12.2. The maximum absolute atomic E-state index is 6.34. The minimum atomic E-state index is -0.428. The van der Waals surface area contributed by atoms with Gasteiger partial charge in [0.1, 0.15) is 5.01 Å². The standard InChI is InChI=1S/C11H15N5OS/c12-11(4-5-17-6-11)9-15-16-8(7-2-1-3-7)13-14-10(16)18-9/h7H,1-6,12H2. The van der Waals surface area contributed by atoms with Gasteiger partial charge in [0.25, 0.3) is 0 Å². The van der Waals surface area contributed by atoms with Gasteiger partial charge in [-0.05, 0) is 19.3 Å². The van der Waals surface area contributed by atoms with Gasteiger partial charge in [-0.1, -0.05) is 17.8 Å². The number of nitrogens with zero attached hydrogens (tertiary/aromatic N) is 4. The summed E-state index contributed by atoms with van der Waals surface area (Å²) >= 11 is 1.54. The first-order valence-corrected chi connectivity index (χ1v) is 7.17. The van der Waals surface area contributed by atoms with Crippen LogP contribution >= 0.6 is 11.3 Å². The Morgan fingerprint density at radius 1 is 1.39 bits per heavy atom. The summed E-state index contributed by atoms with van der Waals surface area (Å²) in [6.45, 7) is 1.27. The molecule has 0 spiro atoms. The van der Waals surface area contributed by atoms with Crippen molar-refractivity contribution in [3.05, 3.63) is 10.8 Å². The van der Waals surface area contributed by atoms with E-state index in [0.717, 1.165) is 22.2 Å². The van der Waals surface area contributed by atoms with Crippen molar-refractivity contribution in [2.45, 2.75) is 37.1 Å². The summed E-state index contributed by atoms with van der Waals surface area (Å²) < 4.78 is 7.28. The molecule has 1 atom stereocenters. The SMILES string of the molecule is NC1(c2nn3c(C4CCC4)nnc3s2)CCOC1. The molecule has 2 aromatic rings. The summed E-state index contributed by atoms with van der Waals surface area (Å²) in [4.78, 5) is 0.851. The molecule has 96 valence electrons. The van der Waals surface area contributed by atoms with Gasteiger partial charge in [-0.15, -0.1) is 10.2 Å². The molecule has 7 heteroatoms. The van der Waals surface area contributed by atoms with Gasteiger partial charge < -0.3 is 10.5 Å². The Morgan fingerprint density at radius 2 is 2.28 bits per heavy atom. The molecule has 18 heavy (non-hydrogen) atoms. The number of rotatable bonds is 2. The van der Waals surface area contributed by atoms with Crippen LogP contribution in [-0.4, -0.2) is 33.0 Å². The van der Waals surface area contributed by atoms with E-state index in [9.17, 15) is 0 Å². The molecule has 3 heterocycles. The Hall–Kier alpha value is -1.05. The Labute approximate surface area is 108 Å². The molecule has 1 unspecified atom stereocenters. The van der Waals surface area contributed by atoms with Crippen molar-refractivity contribution in [3.63, 3.8) is 0 Å². The van der Waals surface area contributed by atoms with Gasteiger partial charge in [0.15, 0.2) is 5.82 Å². The molecule has 4 rings (SSSR count). The van der Waals surface area contributed by atoms with Crippen LogP contribution in [0.2, 0.25) is 0 Å². The average Bonchev–Trinajstić information content (AvgIpc) is 2.92. The van der Waals surface area contributed by atoms with Crippen molar-refractivity contribution in [3.8, 4) is 0 Å². The molecule has 0 bridgehead atoms. The first-order chi connectivity index (χ1) is 8.76. The van der Waals surface area contributed by atoms with Crippen molar-refractivity contribution in [1.82, 2.24) is 19.8 Å². The van der Waals surface area contributed by atoms with E-state index in [-0.39, 0.29) is 0 Å². The number of fused-ring (bicyclic) bond motifs is 1. The zero-order valence-corrected chi connectivity index (χ0v) is 10.8. The molecule has 1 saturated carbocycles. The largest absolute Gasteiger partial charge is 0.379 e. The highest BCUT2D eigenvalue weighted by Gasteiger charge is 2.37. The zero-order valence-electron chi connectivity index (χ0n) is 10.0. The predicted octanol–water partition coefficient (Wildman–Crippen LogP) is 1.03. The maximum atomic E-state index is 6.34. The van der Waals surface area contributed by atoms with Crippen LogP contribution in [0.5, 0.6) is 0 Å². The van der Waals surface area contributed by atoms with Gasteiger partial charge >= 0.3 is 0 Å². The molecule has 2 fully saturated rings. The molecule has 0 amide bonds. The molecule has 1 aliphatic carbocycles. The maximum Gasteiger partial charge on any atom is 0.234 e. The highest BCUT2D eigenvalue weighted by Crippen LogP contribution is 2.37. The third-order valence-corrected chi connectivity index (χ3v) is 5.08. The van der Waals surface area contributed by atoms with E-state index in [1.54, 1.807) is 0 Å². The number of nitrogens with two attached hydrogens (primary N) is 1. The lowest BCUT2D eigenvalue weighted by molar-refractivity contribution is 0.178. The summed E-state index contributed by atoms with van der Waals surface area (Å²) in [5.74, 6) is 1.53. The third kappa shape index (κ3) is 1.44. The van der Waals surface area contributed by atoms with Crippen LogP contribution in [0.4, 0.5) is 0 Å².